The molecule has 1 aromatic rings. The minimum Gasteiger partial charge on any atom is -0.382 e. The van der Waals surface area contributed by atoms with Crippen molar-refractivity contribution in [3.63, 3.8) is 0 Å². The van der Waals surface area contributed by atoms with Crippen molar-refractivity contribution in [2.45, 2.75) is 30.7 Å². The van der Waals surface area contributed by atoms with Crippen LogP contribution in [0.4, 0.5) is 5.69 Å². The van der Waals surface area contributed by atoms with Crippen LogP contribution in [0.5, 0.6) is 0 Å². The third-order valence-electron chi connectivity index (χ3n) is 4.30. The lowest BCUT2D eigenvalue weighted by Crippen LogP contribution is -2.47. The van der Waals surface area contributed by atoms with Crippen LogP contribution >= 0.6 is 0 Å². The van der Waals surface area contributed by atoms with Crippen molar-refractivity contribution < 1.29 is 27.5 Å². The first-order valence-electron chi connectivity index (χ1n) is 9.07. The van der Waals surface area contributed by atoms with Crippen LogP contribution in [0.1, 0.15) is 19.8 Å². The van der Waals surface area contributed by atoms with Crippen LogP contribution in [-0.4, -0.2) is 70.6 Å². The van der Waals surface area contributed by atoms with Crippen LogP contribution in [0, 0.1) is 0 Å². The van der Waals surface area contributed by atoms with Crippen LogP contribution < -0.4 is 10.6 Å². The summed E-state index contributed by atoms with van der Waals surface area (Å²) < 4.78 is 37.0. The van der Waals surface area contributed by atoms with E-state index in [9.17, 15) is 18.0 Å². The number of piperidine rings is 1. The third kappa shape index (κ3) is 6.55. The van der Waals surface area contributed by atoms with Crippen molar-refractivity contribution in [3.8, 4) is 0 Å². The molecule has 2 amide bonds. The lowest BCUT2D eigenvalue weighted by molar-refractivity contribution is -0.127. The van der Waals surface area contributed by atoms with Crippen molar-refractivity contribution in [1.82, 2.24) is 9.62 Å². The fourth-order valence-corrected chi connectivity index (χ4v) is 4.35. The van der Waals surface area contributed by atoms with Crippen molar-refractivity contribution >= 4 is 27.5 Å². The van der Waals surface area contributed by atoms with Gasteiger partial charge in [0.05, 0.1) is 18.1 Å². The van der Waals surface area contributed by atoms with E-state index in [1.807, 2.05) is 0 Å². The highest BCUT2D eigenvalue weighted by Gasteiger charge is 2.29. The quantitative estimate of drug-likeness (QED) is 0.573. The number of amides is 2. The Hall–Kier alpha value is -2.01. The van der Waals surface area contributed by atoms with Crippen molar-refractivity contribution in [1.29, 1.82) is 0 Å². The summed E-state index contributed by atoms with van der Waals surface area (Å²) in [7, 11) is -2.05. The molecule has 0 saturated carbocycles. The average molecular weight is 413 g/mol. The Balaban J connectivity index is 1.84. The van der Waals surface area contributed by atoms with Crippen LogP contribution in [0.2, 0.25) is 0 Å². The third-order valence-corrected chi connectivity index (χ3v) is 6.21. The summed E-state index contributed by atoms with van der Waals surface area (Å²) in [6, 6.07) is 6.00. The van der Waals surface area contributed by atoms with Gasteiger partial charge in [0.1, 0.15) is 6.61 Å². The van der Waals surface area contributed by atoms with E-state index in [1.54, 1.807) is 19.2 Å². The number of anilines is 1. The molecule has 0 bridgehead atoms. The molecule has 1 saturated heterocycles. The van der Waals surface area contributed by atoms with Crippen molar-refractivity contribution in [2.75, 3.05) is 45.3 Å². The van der Waals surface area contributed by atoms with Gasteiger partial charge in [-0.3, -0.25) is 9.59 Å². The zero-order valence-corrected chi connectivity index (χ0v) is 17.0. The number of benzene rings is 1. The van der Waals surface area contributed by atoms with Gasteiger partial charge in [-0.25, -0.2) is 8.42 Å². The highest BCUT2D eigenvalue weighted by atomic mass is 32.2. The molecule has 10 heteroatoms. The highest BCUT2D eigenvalue weighted by molar-refractivity contribution is 7.89. The van der Waals surface area contributed by atoms with Crippen LogP contribution in [0.25, 0.3) is 0 Å². The number of rotatable bonds is 9. The largest absolute Gasteiger partial charge is 0.382 e. The van der Waals surface area contributed by atoms with Gasteiger partial charge in [-0.05, 0) is 37.1 Å². The van der Waals surface area contributed by atoms with Gasteiger partial charge in [0.25, 0.3) is 0 Å². The maximum absolute atomic E-state index is 12.8. The normalized spacial score (nSPS) is 15.9. The van der Waals surface area contributed by atoms with Crippen molar-refractivity contribution in [3.05, 3.63) is 24.3 Å². The summed E-state index contributed by atoms with van der Waals surface area (Å²) in [5, 5.41) is 5.47. The molecule has 0 spiro atoms. The first-order chi connectivity index (χ1) is 13.3. The van der Waals surface area contributed by atoms with E-state index >= 15 is 0 Å². The van der Waals surface area contributed by atoms with E-state index in [0.717, 1.165) is 0 Å². The van der Waals surface area contributed by atoms with E-state index < -0.39 is 10.0 Å². The highest BCUT2D eigenvalue weighted by Crippen LogP contribution is 2.22. The molecule has 9 nitrogen and oxygen atoms in total. The topological polar surface area (TPSA) is 114 Å². The van der Waals surface area contributed by atoms with Crippen molar-refractivity contribution in [2.24, 2.45) is 0 Å². The number of nitrogens with zero attached hydrogens (tertiary/aromatic N) is 1. The Kier molecular flexibility index (Phi) is 8.36. The first kappa shape index (κ1) is 22.3. The molecule has 1 aromatic carbocycles. The zero-order chi connectivity index (χ0) is 20.6. The maximum atomic E-state index is 12.8. The van der Waals surface area contributed by atoms with E-state index in [1.165, 1.54) is 23.4 Å². The average Bonchev–Trinajstić information content (AvgIpc) is 2.66. The molecule has 1 aliphatic rings. The number of hydrogen-bond donors (Lipinski definition) is 2. The number of sulfonamides is 1. The molecule has 0 aromatic heterocycles. The van der Waals surface area contributed by atoms with E-state index in [2.05, 4.69) is 10.6 Å². The van der Waals surface area contributed by atoms with Gasteiger partial charge in [-0.15, -0.1) is 0 Å². The number of carbonyl (C=O) groups excluding carboxylic acids is 2. The second-order valence-electron chi connectivity index (χ2n) is 6.50. The van der Waals surface area contributed by atoms with Gasteiger partial charge in [-0.2, -0.15) is 4.31 Å². The molecule has 1 fully saturated rings. The standard InChI is InChI=1S/C18H27N3O6S/c1-14(22)19-15-3-5-17(6-4-15)28(24,25)21-9-7-16(8-10-21)20-18(23)13-27-12-11-26-2/h3-6,16H,7-13H2,1-2H3,(H,19,22)(H,20,23). The number of nitrogens with one attached hydrogen (secondary N) is 2. The van der Waals surface area contributed by atoms with Crippen LogP contribution in [-0.2, 0) is 29.1 Å². The summed E-state index contributed by atoms with van der Waals surface area (Å²) >= 11 is 0. The van der Waals surface area contributed by atoms with Gasteiger partial charge >= 0.3 is 0 Å². The van der Waals surface area contributed by atoms with Gasteiger partial charge in [-0.1, -0.05) is 0 Å². The lowest BCUT2D eigenvalue weighted by Gasteiger charge is -2.31. The van der Waals surface area contributed by atoms with E-state index in [0.29, 0.717) is 44.8 Å². The minimum absolute atomic E-state index is 0.0392. The molecule has 0 atom stereocenters. The number of carbonyl (C=O) groups is 2. The summed E-state index contributed by atoms with van der Waals surface area (Å²) in [6.07, 6.45) is 1.07. The molecule has 2 N–H and O–H groups in total. The maximum Gasteiger partial charge on any atom is 0.246 e. The molecule has 1 aliphatic heterocycles. The van der Waals surface area contributed by atoms with Gasteiger partial charge in [0, 0.05) is 38.9 Å². The first-order valence-corrected chi connectivity index (χ1v) is 10.5. The van der Waals surface area contributed by atoms with E-state index in [4.69, 9.17) is 9.47 Å². The van der Waals surface area contributed by atoms with Gasteiger partial charge < -0.3 is 20.1 Å². The smallest absolute Gasteiger partial charge is 0.246 e. The molecule has 0 radical (unpaired) electrons. The molecule has 0 aliphatic carbocycles. The second-order valence-corrected chi connectivity index (χ2v) is 8.43. The molecule has 0 unspecified atom stereocenters. The summed E-state index contributed by atoms with van der Waals surface area (Å²) in [5.41, 5.74) is 0.542. The zero-order valence-electron chi connectivity index (χ0n) is 16.1. The fraction of sp³-hybridized carbons (Fsp3) is 0.556. The minimum atomic E-state index is -3.61. The van der Waals surface area contributed by atoms with Crippen LogP contribution in [0.15, 0.2) is 29.2 Å². The monoisotopic (exact) mass is 413 g/mol. The van der Waals surface area contributed by atoms with Crippen LogP contribution in [0.3, 0.4) is 0 Å². The number of ether oxygens (including phenoxy) is 2. The van der Waals surface area contributed by atoms with E-state index in [-0.39, 0.29) is 29.4 Å². The molecule has 1 heterocycles. The molecular formula is C18H27N3O6S. The Bertz CT molecular complexity index is 758. The molecule has 2 rings (SSSR count). The number of methoxy groups -OCH3 is 1. The van der Waals surface area contributed by atoms with Gasteiger partial charge in [0.2, 0.25) is 21.8 Å². The SMILES string of the molecule is COCCOCC(=O)NC1CCN(S(=O)(=O)c2ccc(NC(C)=O)cc2)CC1. The molecule has 28 heavy (non-hydrogen) atoms. The predicted molar refractivity (Wildman–Crippen MR) is 103 cm³/mol. The Labute approximate surface area is 165 Å². The second kappa shape index (κ2) is 10.5. The Morgan fingerprint density at radius 2 is 1.79 bits per heavy atom. The summed E-state index contributed by atoms with van der Waals surface area (Å²) in [6.45, 7) is 2.77. The fourth-order valence-electron chi connectivity index (χ4n) is 2.88. The summed E-state index contributed by atoms with van der Waals surface area (Å²) in [5.74, 6) is -0.435. The lowest BCUT2D eigenvalue weighted by atomic mass is 10.1. The summed E-state index contributed by atoms with van der Waals surface area (Å²) in [4.78, 5) is 23.1. The molecule has 156 valence electrons. The van der Waals surface area contributed by atoms with Gasteiger partial charge in [0.15, 0.2) is 0 Å². The number of hydrogen-bond acceptors (Lipinski definition) is 6. The predicted octanol–water partition coefficient (Wildman–Crippen LogP) is 0.577. The Morgan fingerprint density at radius 1 is 1.14 bits per heavy atom. The Morgan fingerprint density at radius 3 is 2.36 bits per heavy atom. The molecular weight excluding hydrogens is 386 g/mol.